The normalized spacial score (nSPS) is 21.8. The molecule has 3 aromatic carbocycles. The third-order valence-electron chi connectivity index (χ3n) is 8.50. The monoisotopic (exact) mass is 616 g/mol. The molecule has 240 valence electrons. The van der Waals surface area contributed by atoms with Crippen LogP contribution < -0.4 is 16.4 Å². The summed E-state index contributed by atoms with van der Waals surface area (Å²) in [6.07, 6.45) is 3.46. The smallest absolute Gasteiger partial charge is 0.224 e. The highest BCUT2D eigenvalue weighted by atomic mass is 16.7. The second kappa shape index (κ2) is 16.0. The fourth-order valence-electron chi connectivity index (χ4n) is 6.02. The Hall–Kier alpha value is -3.80. The van der Waals surface area contributed by atoms with Gasteiger partial charge in [0.05, 0.1) is 36.8 Å². The lowest BCUT2D eigenvalue weighted by atomic mass is 9.99. The van der Waals surface area contributed by atoms with Crippen molar-refractivity contribution in [2.75, 3.05) is 36.1 Å². The maximum absolute atomic E-state index is 12.7. The van der Waals surface area contributed by atoms with Crippen molar-refractivity contribution >= 4 is 28.9 Å². The Morgan fingerprint density at radius 3 is 2.38 bits per heavy atom. The zero-order chi connectivity index (χ0) is 31.6. The van der Waals surface area contributed by atoms with Gasteiger partial charge in [0.2, 0.25) is 11.8 Å². The molecule has 2 aliphatic heterocycles. The molecule has 5 rings (SSSR count). The van der Waals surface area contributed by atoms with Crippen LogP contribution >= 0.6 is 0 Å². The molecule has 3 aromatic rings. The van der Waals surface area contributed by atoms with E-state index >= 15 is 0 Å². The SMILES string of the molecule is Nc1ccccc1NC(=O)CCCCC(=O)Nc1cccc([C@H]2O[C@@H](CN3CCC[C@H]3CO)C[C@@H](c3ccc(CO)cc3)O2)c1. The molecule has 2 aliphatic rings. The average molecular weight is 617 g/mol. The number of benzene rings is 3. The van der Waals surface area contributed by atoms with E-state index in [1.54, 1.807) is 12.1 Å². The second-order valence-electron chi connectivity index (χ2n) is 11.8. The van der Waals surface area contributed by atoms with Crippen molar-refractivity contribution in [1.29, 1.82) is 0 Å². The third-order valence-corrected chi connectivity index (χ3v) is 8.50. The highest BCUT2D eigenvalue weighted by molar-refractivity contribution is 5.94. The van der Waals surface area contributed by atoms with Gasteiger partial charge in [0.25, 0.3) is 0 Å². The largest absolute Gasteiger partial charge is 0.397 e. The number of nitrogens with two attached hydrogens (primary N) is 1. The van der Waals surface area contributed by atoms with Crippen molar-refractivity contribution in [3.63, 3.8) is 0 Å². The van der Waals surface area contributed by atoms with Crippen molar-refractivity contribution in [2.24, 2.45) is 0 Å². The molecule has 6 N–H and O–H groups in total. The molecule has 0 radical (unpaired) electrons. The molecule has 0 saturated carbocycles. The minimum atomic E-state index is -0.643. The number of likely N-dealkylation sites (tertiary alicyclic amines) is 1. The molecule has 0 unspecified atom stereocenters. The van der Waals surface area contributed by atoms with Crippen LogP contribution in [0.15, 0.2) is 72.8 Å². The first kappa shape index (κ1) is 32.6. The number of rotatable bonds is 13. The van der Waals surface area contributed by atoms with E-state index < -0.39 is 6.29 Å². The lowest BCUT2D eigenvalue weighted by Crippen LogP contribution is -2.42. The minimum Gasteiger partial charge on any atom is -0.397 e. The molecule has 0 spiro atoms. The Kier molecular flexibility index (Phi) is 11.6. The number of ether oxygens (including phenoxy) is 2. The van der Waals surface area contributed by atoms with Crippen molar-refractivity contribution < 1.29 is 29.3 Å². The number of aliphatic hydroxyl groups excluding tert-OH is 2. The molecule has 2 saturated heterocycles. The summed E-state index contributed by atoms with van der Waals surface area (Å²) in [5.41, 5.74) is 10.3. The molecule has 2 heterocycles. The van der Waals surface area contributed by atoms with E-state index in [9.17, 15) is 19.8 Å². The predicted molar refractivity (Wildman–Crippen MR) is 173 cm³/mol. The highest BCUT2D eigenvalue weighted by Gasteiger charge is 2.35. The maximum atomic E-state index is 12.7. The van der Waals surface area contributed by atoms with Crippen LogP contribution in [-0.4, -0.2) is 58.8 Å². The molecule has 10 nitrogen and oxygen atoms in total. The quantitative estimate of drug-likeness (QED) is 0.135. The number of hydrogen-bond donors (Lipinski definition) is 5. The Bertz CT molecular complexity index is 1420. The summed E-state index contributed by atoms with van der Waals surface area (Å²) < 4.78 is 13.0. The second-order valence-corrected chi connectivity index (χ2v) is 11.8. The third kappa shape index (κ3) is 9.12. The van der Waals surface area contributed by atoms with E-state index in [0.29, 0.717) is 49.3 Å². The summed E-state index contributed by atoms with van der Waals surface area (Å²) in [6.45, 7) is 1.75. The fraction of sp³-hybridized carbons (Fsp3) is 0.429. The molecule has 4 atom stereocenters. The number of para-hydroxylation sites is 2. The van der Waals surface area contributed by atoms with Gasteiger partial charge in [-0.3, -0.25) is 14.5 Å². The molecule has 2 amide bonds. The van der Waals surface area contributed by atoms with Gasteiger partial charge in [-0.1, -0.05) is 48.5 Å². The number of hydrogen-bond acceptors (Lipinski definition) is 8. The van der Waals surface area contributed by atoms with Crippen molar-refractivity contribution in [2.45, 2.75) is 76.1 Å². The van der Waals surface area contributed by atoms with Crippen LogP contribution in [0.25, 0.3) is 0 Å². The van der Waals surface area contributed by atoms with Gasteiger partial charge < -0.3 is 36.1 Å². The first-order chi connectivity index (χ1) is 21.9. The molecule has 2 fully saturated rings. The van der Waals surface area contributed by atoms with Gasteiger partial charge in [0, 0.05) is 43.1 Å². The number of anilines is 3. The zero-order valence-corrected chi connectivity index (χ0v) is 25.6. The number of nitrogens with one attached hydrogen (secondary N) is 2. The molecule has 0 bridgehead atoms. The predicted octanol–water partition coefficient (Wildman–Crippen LogP) is 4.90. The summed E-state index contributed by atoms with van der Waals surface area (Å²) in [7, 11) is 0. The molecule has 45 heavy (non-hydrogen) atoms. The molecular formula is C35H44N4O6. The number of carbonyl (C=O) groups excluding carboxylic acids is 2. The van der Waals surface area contributed by atoms with Gasteiger partial charge in [-0.15, -0.1) is 0 Å². The fourth-order valence-corrected chi connectivity index (χ4v) is 6.02. The van der Waals surface area contributed by atoms with E-state index in [4.69, 9.17) is 15.2 Å². The molecule has 0 aromatic heterocycles. The van der Waals surface area contributed by atoms with Crippen LogP contribution in [0.1, 0.15) is 74.0 Å². The average Bonchev–Trinajstić information content (AvgIpc) is 3.51. The molecular weight excluding hydrogens is 572 g/mol. The zero-order valence-electron chi connectivity index (χ0n) is 25.6. The Labute approximate surface area is 264 Å². The molecule has 0 aliphatic carbocycles. The molecule has 10 heteroatoms. The Morgan fingerprint density at radius 1 is 0.889 bits per heavy atom. The van der Waals surface area contributed by atoms with Crippen LogP contribution in [0.4, 0.5) is 17.1 Å². The van der Waals surface area contributed by atoms with E-state index in [1.807, 2.05) is 60.7 Å². The first-order valence-corrected chi connectivity index (χ1v) is 15.8. The van der Waals surface area contributed by atoms with E-state index in [2.05, 4.69) is 15.5 Å². The Morgan fingerprint density at radius 2 is 1.64 bits per heavy atom. The summed E-state index contributed by atoms with van der Waals surface area (Å²) in [4.78, 5) is 27.3. The van der Waals surface area contributed by atoms with Crippen molar-refractivity contribution in [3.8, 4) is 0 Å². The summed E-state index contributed by atoms with van der Waals surface area (Å²) in [5, 5.41) is 25.1. The van der Waals surface area contributed by atoms with Crippen LogP contribution in [-0.2, 0) is 25.7 Å². The number of nitrogen functional groups attached to an aromatic ring is 1. The van der Waals surface area contributed by atoms with E-state index in [-0.39, 0.29) is 49.7 Å². The van der Waals surface area contributed by atoms with Gasteiger partial charge in [-0.2, -0.15) is 0 Å². The minimum absolute atomic E-state index is 0.0185. The van der Waals surface area contributed by atoms with E-state index in [1.165, 1.54) is 0 Å². The van der Waals surface area contributed by atoms with Crippen molar-refractivity contribution in [1.82, 2.24) is 4.90 Å². The topological polar surface area (TPSA) is 146 Å². The summed E-state index contributed by atoms with van der Waals surface area (Å²) >= 11 is 0. The standard InChI is InChI=1S/C35H44N4O6/c36-30-10-1-2-11-31(30)38-34(43)13-4-3-12-33(42)37-27-8-5-7-26(19-27)35-44-29(21-39-18-6-9-28(39)23-41)20-32(45-35)25-16-14-24(22-40)15-17-25/h1-2,5,7-8,10-11,14-17,19,28-29,32,35,40-41H,3-4,6,9,12-13,18,20-23,36H2,(H,37,42)(H,38,43)/t28-,29+,32-,35-/m0/s1. The number of nitrogens with zero attached hydrogens (tertiary/aromatic N) is 1. The lowest BCUT2D eigenvalue weighted by Gasteiger charge is -2.38. The van der Waals surface area contributed by atoms with Gasteiger partial charge in [-0.05, 0) is 67.6 Å². The number of carbonyl (C=O) groups is 2. The first-order valence-electron chi connectivity index (χ1n) is 15.8. The maximum Gasteiger partial charge on any atom is 0.224 e. The van der Waals surface area contributed by atoms with Crippen LogP contribution in [0.2, 0.25) is 0 Å². The van der Waals surface area contributed by atoms with Crippen LogP contribution in [0.3, 0.4) is 0 Å². The lowest BCUT2D eigenvalue weighted by molar-refractivity contribution is -0.253. The summed E-state index contributed by atoms with van der Waals surface area (Å²) in [5.74, 6) is -0.264. The van der Waals surface area contributed by atoms with Crippen molar-refractivity contribution in [3.05, 3.63) is 89.5 Å². The van der Waals surface area contributed by atoms with Gasteiger partial charge >= 0.3 is 0 Å². The van der Waals surface area contributed by atoms with Crippen LogP contribution in [0, 0.1) is 0 Å². The Balaban J connectivity index is 1.17. The van der Waals surface area contributed by atoms with E-state index in [0.717, 1.165) is 36.1 Å². The number of unbranched alkanes of at least 4 members (excludes halogenated alkanes) is 1. The number of amides is 2. The number of aliphatic hydroxyl groups is 2. The van der Waals surface area contributed by atoms with Gasteiger partial charge in [0.15, 0.2) is 6.29 Å². The van der Waals surface area contributed by atoms with Gasteiger partial charge in [-0.25, -0.2) is 0 Å². The van der Waals surface area contributed by atoms with Gasteiger partial charge in [0.1, 0.15) is 0 Å². The van der Waals surface area contributed by atoms with Crippen LogP contribution in [0.5, 0.6) is 0 Å². The summed E-state index contributed by atoms with van der Waals surface area (Å²) in [6, 6.07) is 22.6. The highest BCUT2D eigenvalue weighted by Crippen LogP contribution is 2.39.